The highest BCUT2D eigenvalue weighted by molar-refractivity contribution is 5.69. The molecule has 1 aliphatic carbocycles. The molecule has 1 aliphatic rings. The maximum Gasteiger partial charge on any atom is 0.00264 e. The van der Waals surface area contributed by atoms with E-state index in [1.165, 1.54) is 22.3 Å². The minimum absolute atomic E-state index is 0.615. The van der Waals surface area contributed by atoms with Crippen LogP contribution in [0.15, 0.2) is 23.8 Å². The molecule has 0 spiro atoms. The van der Waals surface area contributed by atoms with Gasteiger partial charge < -0.3 is 0 Å². The van der Waals surface area contributed by atoms with Gasteiger partial charge in [-0.25, -0.2) is 0 Å². The standard InChI is InChI=1S/C14H18/c1-9(2)12-6-5-7-13-11(4)10(3)8-14(12)13/h5-9,11H,1-4H3. The van der Waals surface area contributed by atoms with Gasteiger partial charge in [-0.05, 0) is 29.5 Å². The highest BCUT2D eigenvalue weighted by Gasteiger charge is 2.20. The maximum atomic E-state index is 2.36. The second-order valence-corrected chi connectivity index (χ2v) is 4.61. The normalized spacial score (nSPS) is 19.8. The van der Waals surface area contributed by atoms with Crippen LogP contribution in [0.5, 0.6) is 0 Å². The number of rotatable bonds is 1. The lowest BCUT2D eigenvalue weighted by Crippen LogP contribution is -1.95. The highest BCUT2D eigenvalue weighted by atomic mass is 14.2. The number of allylic oxidation sites excluding steroid dienone is 1. The van der Waals surface area contributed by atoms with E-state index < -0.39 is 0 Å². The Morgan fingerprint density at radius 2 is 1.93 bits per heavy atom. The van der Waals surface area contributed by atoms with Crippen molar-refractivity contribution in [2.45, 2.75) is 39.5 Å². The van der Waals surface area contributed by atoms with Crippen LogP contribution in [0.4, 0.5) is 0 Å². The SMILES string of the molecule is CC1=Cc2c(C(C)C)cccc2C1C. The molecular formula is C14H18. The number of hydrogen-bond donors (Lipinski definition) is 0. The van der Waals surface area contributed by atoms with Crippen molar-refractivity contribution in [2.75, 3.05) is 0 Å². The third kappa shape index (κ3) is 1.30. The van der Waals surface area contributed by atoms with Crippen LogP contribution in [0.1, 0.15) is 56.2 Å². The molecule has 0 bridgehead atoms. The molecule has 0 aromatic heterocycles. The van der Waals surface area contributed by atoms with Crippen LogP contribution < -0.4 is 0 Å². The van der Waals surface area contributed by atoms with E-state index in [2.05, 4.69) is 52.0 Å². The van der Waals surface area contributed by atoms with Crippen molar-refractivity contribution < 1.29 is 0 Å². The molecule has 0 heteroatoms. The lowest BCUT2D eigenvalue weighted by molar-refractivity contribution is 0.854. The quantitative estimate of drug-likeness (QED) is 0.612. The first-order valence-electron chi connectivity index (χ1n) is 5.42. The molecule has 0 nitrogen and oxygen atoms in total. The van der Waals surface area contributed by atoms with Gasteiger partial charge >= 0.3 is 0 Å². The summed E-state index contributed by atoms with van der Waals surface area (Å²) in [5, 5.41) is 0. The van der Waals surface area contributed by atoms with E-state index in [4.69, 9.17) is 0 Å². The molecule has 74 valence electrons. The van der Waals surface area contributed by atoms with E-state index in [0.717, 1.165) is 0 Å². The largest absolute Gasteiger partial charge is 0.0655 e. The van der Waals surface area contributed by atoms with Gasteiger partial charge in [0.2, 0.25) is 0 Å². The molecular weight excluding hydrogens is 168 g/mol. The van der Waals surface area contributed by atoms with E-state index in [-0.39, 0.29) is 0 Å². The smallest absolute Gasteiger partial charge is 0.00264 e. The first-order valence-corrected chi connectivity index (χ1v) is 5.42. The van der Waals surface area contributed by atoms with Crippen LogP contribution in [-0.2, 0) is 0 Å². The van der Waals surface area contributed by atoms with Gasteiger partial charge in [0, 0.05) is 5.92 Å². The Hall–Kier alpha value is -1.04. The highest BCUT2D eigenvalue weighted by Crippen LogP contribution is 2.38. The summed E-state index contributed by atoms with van der Waals surface area (Å²) in [7, 11) is 0. The molecule has 2 rings (SSSR count). The minimum atomic E-state index is 0.615. The third-order valence-electron chi connectivity index (χ3n) is 3.32. The van der Waals surface area contributed by atoms with E-state index in [9.17, 15) is 0 Å². The van der Waals surface area contributed by atoms with Crippen molar-refractivity contribution in [3.63, 3.8) is 0 Å². The molecule has 0 N–H and O–H groups in total. The van der Waals surface area contributed by atoms with Crippen LogP contribution in [0.25, 0.3) is 6.08 Å². The van der Waals surface area contributed by atoms with Crippen molar-refractivity contribution in [1.29, 1.82) is 0 Å². The van der Waals surface area contributed by atoms with Crippen LogP contribution in [-0.4, -0.2) is 0 Å². The predicted molar refractivity (Wildman–Crippen MR) is 62.6 cm³/mol. The molecule has 0 aliphatic heterocycles. The van der Waals surface area contributed by atoms with Crippen LogP contribution in [0.3, 0.4) is 0 Å². The Balaban J connectivity index is 2.59. The van der Waals surface area contributed by atoms with Gasteiger partial charge in [0.05, 0.1) is 0 Å². The summed E-state index contributed by atoms with van der Waals surface area (Å²) in [4.78, 5) is 0. The summed E-state index contributed by atoms with van der Waals surface area (Å²) in [6.07, 6.45) is 2.36. The molecule has 1 aromatic carbocycles. The Labute approximate surface area is 86.7 Å². The first-order chi connectivity index (χ1) is 6.61. The molecule has 1 unspecified atom stereocenters. The Morgan fingerprint density at radius 3 is 2.57 bits per heavy atom. The average molecular weight is 186 g/mol. The van der Waals surface area contributed by atoms with E-state index in [1.807, 2.05) is 0 Å². The second-order valence-electron chi connectivity index (χ2n) is 4.61. The lowest BCUT2D eigenvalue weighted by atomic mass is 9.92. The number of benzene rings is 1. The molecule has 14 heavy (non-hydrogen) atoms. The van der Waals surface area contributed by atoms with Gasteiger partial charge in [0.1, 0.15) is 0 Å². The Morgan fingerprint density at radius 1 is 1.21 bits per heavy atom. The Kier molecular flexibility index (Phi) is 2.22. The molecule has 0 amide bonds. The van der Waals surface area contributed by atoms with Crippen molar-refractivity contribution in [1.82, 2.24) is 0 Å². The van der Waals surface area contributed by atoms with Crippen molar-refractivity contribution in [2.24, 2.45) is 0 Å². The fourth-order valence-corrected chi connectivity index (χ4v) is 2.25. The topological polar surface area (TPSA) is 0 Å². The van der Waals surface area contributed by atoms with Crippen molar-refractivity contribution >= 4 is 6.08 Å². The zero-order chi connectivity index (χ0) is 10.3. The maximum absolute atomic E-state index is 2.36. The van der Waals surface area contributed by atoms with Gasteiger partial charge in [-0.1, -0.05) is 50.6 Å². The van der Waals surface area contributed by atoms with Gasteiger partial charge in [-0.15, -0.1) is 0 Å². The van der Waals surface area contributed by atoms with Crippen LogP contribution in [0.2, 0.25) is 0 Å². The first kappa shape index (κ1) is 9.51. The monoisotopic (exact) mass is 186 g/mol. The summed E-state index contributed by atoms with van der Waals surface area (Å²) in [6.45, 7) is 9.06. The molecule has 0 saturated heterocycles. The number of hydrogen-bond acceptors (Lipinski definition) is 0. The summed E-state index contributed by atoms with van der Waals surface area (Å²) in [5.74, 6) is 1.24. The fourth-order valence-electron chi connectivity index (χ4n) is 2.25. The molecule has 1 aromatic rings. The summed E-state index contributed by atoms with van der Waals surface area (Å²) in [5.41, 5.74) is 5.97. The zero-order valence-corrected chi connectivity index (χ0v) is 9.46. The molecule has 0 heterocycles. The average Bonchev–Trinajstić information content (AvgIpc) is 2.43. The van der Waals surface area contributed by atoms with E-state index in [0.29, 0.717) is 11.8 Å². The van der Waals surface area contributed by atoms with Gasteiger partial charge in [0.15, 0.2) is 0 Å². The van der Waals surface area contributed by atoms with E-state index in [1.54, 1.807) is 0 Å². The Bertz CT molecular complexity index is 383. The lowest BCUT2D eigenvalue weighted by Gasteiger charge is -2.12. The second kappa shape index (κ2) is 3.27. The molecule has 0 radical (unpaired) electrons. The molecule has 1 atom stereocenters. The van der Waals surface area contributed by atoms with Gasteiger partial charge in [-0.2, -0.15) is 0 Å². The summed E-state index contributed by atoms with van der Waals surface area (Å²) < 4.78 is 0. The van der Waals surface area contributed by atoms with Gasteiger partial charge in [-0.3, -0.25) is 0 Å². The zero-order valence-electron chi connectivity index (χ0n) is 9.46. The fraction of sp³-hybridized carbons (Fsp3) is 0.429. The van der Waals surface area contributed by atoms with Crippen LogP contribution >= 0.6 is 0 Å². The third-order valence-corrected chi connectivity index (χ3v) is 3.32. The van der Waals surface area contributed by atoms with Crippen LogP contribution in [0, 0.1) is 0 Å². The summed E-state index contributed by atoms with van der Waals surface area (Å²) in [6, 6.07) is 6.71. The molecule has 0 fully saturated rings. The van der Waals surface area contributed by atoms with Crippen molar-refractivity contribution in [3.8, 4) is 0 Å². The minimum Gasteiger partial charge on any atom is -0.0655 e. The number of fused-ring (bicyclic) bond motifs is 1. The molecule has 0 saturated carbocycles. The summed E-state index contributed by atoms with van der Waals surface area (Å²) >= 11 is 0. The van der Waals surface area contributed by atoms with Gasteiger partial charge in [0.25, 0.3) is 0 Å². The van der Waals surface area contributed by atoms with E-state index >= 15 is 0 Å². The van der Waals surface area contributed by atoms with Crippen molar-refractivity contribution in [3.05, 3.63) is 40.5 Å². The predicted octanol–water partition coefficient (Wildman–Crippen LogP) is 4.33.